The van der Waals surface area contributed by atoms with Gasteiger partial charge in [0.15, 0.2) is 0 Å². The number of aromatic nitrogens is 2. The molecular weight excluding hydrogens is 306 g/mol. The lowest BCUT2D eigenvalue weighted by atomic mass is 10.1. The number of nitrogens with zero attached hydrogens (tertiary/aromatic N) is 2. The number of amides is 1. The van der Waals surface area contributed by atoms with E-state index in [0.29, 0.717) is 29.9 Å². The zero-order chi connectivity index (χ0) is 17.7. The van der Waals surface area contributed by atoms with E-state index in [1.54, 1.807) is 20.9 Å². The maximum absolute atomic E-state index is 12.2. The number of esters is 1. The van der Waals surface area contributed by atoms with Crippen LogP contribution in [-0.4, -0.2) is 28.3 Å². The van der Waals surface area contributed by atoms with Crippen LogP contribution in [0.5, 0.6) is 0 Å². The molecular formula is C18H23N3O3. The molecule has 128 valence electrons. The summed E-state index contributed by atoms with van der Waals surface area (Å²) >= 11 is 0. The van der Waals surface area contributed by atoms with Crippen LogP contribution in [0.4, 0.5) is 5.82 Å². The molecule has 6 heteroatoms. The lowest BCUT2D eigenvalue weighted by Crippen LogP contribution is -2.18. The van der Waals surface area contributed by atoms with Crippen molar-refractivity contribution in [1.29, 1.82) is 0 Å². The minimum absolute atomic E-state index is 0.163. The number of anilines is 1. The number of nitrogens with one attached hydrogen (secondary N) is 1. The molecule has 24 heavy (non-hydrogen) atoms. The predicted octanol–water partition coefficient (Wildman–Crippen LogP) is 2.78. The summed E-state index contributed by atoms with van der Waals surface area (Å²) in [6, 6.07) is 8.08. The number of carbonyl (C=O) groups excluding carboxylic acids is 2. The Morgan fingerprint density at radius 2 is 1.88 bits per heavy atom. The lowest BCUT2D eigenvalue weighted by molar-refractivity contribution is -0.116. The summed E-state index contributed by atoms with van der Waals surface area (Å²) in [5.74, 6) is -0.263. The Bertz CT molecular complexity index is 733. The number of aryl methyl sites for hydroxylation is 4. The van der Waals surface area contributed by atoms with Crippen LogP contribution in [0.15, 0.2) is 24.3 Å². The third-order valence-corrected chi connectivity index (χ3v) is 3.72. The smallest absolute Gasteiger partial charge is 0.343 e. The molecule has 0 fully saturated rings. The van der Waals surface area contributed by atoms with Gasteiger partial charge in [-0.25, -0.2) is 4.79 Å². The molecule has 1 amide bonds. The minimum atomic E-state index is -0.475. The van der Waals surface area contributed by atoms with E-state index in [1.807, 2.05) is 31.2 Å². The molecule has 0 aliphatic rings. The lowest BCUT2D eigenvalue weighted by Gasteiger charge is -2.08. The van der Waals surface area contributed by atoms with E-state index in [1.165, 1.54) is 10.2 Å². The van der Waals surface area contributed by atoms with E-state index < -0.39 is 5.97 Å². The van der Waals surface area contributed by atoms with Crippen molar-refractivity contribution in [3.8, 4) is 0 Å². The van der Waals surface area contributed by atoms with Crippen LogP contribution in [0.1, 0.15) is 40.5 Å². The van der Waals surface area contributed by atoms with Crippen LogP contribution < -0.4 is 5.32 Å². The molecule has 0 saturated heterocycles. The highest BCUT2D eigenvalue weighted by Gasteiger charge is 2.22. The highest BCUT2D eigenvalue weighted by Crippen LogP contribution is 2.20. The highest BCUT2D eigenvalue weighted by molar-refractivity contribution is 6.01. The molecule has 2 aromatic rings. The molecule has 1 heterocycles. The maximum Gasteiger partial charge on any atom is 0.343 e. The monoisotopic (exact) mass is 329 g/mol. The first kappa shape index (κ1) is 17.7. The van der Waals surface area contributed by atoms with Gasteiger partial charge in [-0.15, -0.1) is 0 Å². The fourth-order valence-corrected chi connectivity index (χ4v) is 2.46. The molecule has 0 unspecified atom stereocenters. The van der Waals surface area contributed by atoms with Crippen molar-refractivity contribution in [2.75, 3.05) is 11.9 Å². The van der Waals surface area contributed by atoms with E-state index in [0.717, 1.165) is 5.56 Å². The summed E-state index contributed by atoms with van der Waals surface area (Å²) in [6.45, 7) is 5.75. The van der Waals surface area contributed by atoms with Crippen molar-refractivity contribution in [2.24, 2.45) is 7.05 Å². The van der Waals surface area contributed by atoms with Gasteiger partial charge in [0.25, 0.3) is 0 Å². The van der Waals surface area contributed by atoms with Gasteiger partial charge in [0.1, 0.15) is 11.4 Å². The van der Waals surface area contributed by atoms with Gasteiger partial charge in [0, 0.05) is 13.5 Å². The molecule has 0 aliphatic carbocycles. The van der Waals surface area contributed by atoms with E-state index >= 15 is 0 Å². The topological polar surface area (TPSA) is 73.2 Å². The molecule has 0 spiro atoms. The molecule has 2 rings (SSSR count). The first-order valence-electron chi connectivity index (χ1n) is 7.98. The van der Waals surface area contributed by atoms with Crippen molar-refractivity contribution in [3.05, 3.63) is 46.6 Å². The third-order valence-electron chi connectivity index (χ3n) is 3.72. The zero-order valence-corrected chi connectivity index (χ0v) is 14.5. The van der Waals surface area contributed by atoms with Crippen LogP contribution in [0.25, 0.3) is 0 Å². The molecule has 1 N–H and O–H groups in total. The second-order valence-electron chi connectivity index (χ2n) is 5.69. The van der Waals surface area contributed by atoms with Gasteiger partial charge in [0.2, 0.25) is 5.91 Å². The molecule has 1 aromatic carbocycles. The second-order valence-corrected chi connectivity index (χ2v) is 5.69. The van der Waals surface area contributed by atoms with E-state index in [2.05, 4.69) is 10.4 Å². The van der Waals surface area contributed by atoms with Gasteiger partial charge in [-0.2, -0.15) is 5.10 Å². The SMILES string of the molecule is CCOC(=O)c1c(C)nn(C)c1NC(=O)CCc1ccc(C)cc1. The molecule has 1 aromatic heterocycles. The Morgan fingerprint density at radius 1 is 1.21 bits per heavy atom. The summed E-state index contributed by atoms with van der Waals surface area (Å²) in [4.78, 5) is 24.3. The van der Waals surface area contributed by atoms with E-state index in [-0.39, 0.29) is 12.5 Å². The molecule has 0 saturated carbocycles. The largest absolute Gasteiger partial charge is 0.462 e. The van der Waals surface area contributed by atoms with Crippen molar-refractivity contribution in [1.82, 2.24) is 9.78 Å². The average molecular weight is 329 g/mol. The van der Waals surface area contributed by atoms with E-state index in [4.69, 9.17) is 4.74 Å². The van der Waals surface area contributed by atoms with Crippen LogP contribution in [0.3, 0.4) is 0 Å². The van der Waals surface area contributed by atoms with Crippen molar-refractivity contribution >= 4 is 17.7 Å². The summed E-state index contributed by atoms with van der Waals surface area (Å²) in [5, 5.41) is 6.98. The van der Waals surface area contributed by atoms with Gasteiger partial charge in [-0.3, -0.25) is 9.48 Å². The van der Waals surface area contributed by atoms with Crippen LogP contribution in [0.2, 0.25) is 0 Å². The highest BCUT2D eigenvalue weighted by atomic mass is 16.5. The van der Waals surface area contributed by atoms with Crippen LogP contribution in [-0.2, 0) is 23.0 Å². The van der Waals surface area contributed by atoms with Gasteiger partial charge in [-0.1, -0.05) is 29.8 Å². The zero-order valence-electron chi connectivity index (χ0n) is 14.5. The van der Waals surface area contributed by atoms with Gasteiger partial charge >= 0.3 is 5.97 Å². The number of hydrogen-bond donors (Lipinski definition) is 1. The minimum Gasteiger partial charge on any atom is -0.462 e. The van der Waals surface area contributed by atoms with Crippen LogP contribution in [0, 0.1) is 13.8 Å². The predicted molar refractivity (Wildman–Crippen MR) is 92.0 cm³/mol. The first-order valence-corrected chi connectivity index (χ1v) is 7.98. The normalized spacial score (nSPS) is 10.5. The van der Waals surface area contributed by atoms with Crippen molar-refractivity contribution < 1.29 is 14.3 Å². The summed E-state index contributed by atoms with van der Waals surface area (Å²) in [6.07, 6.45) is 0.966. The Hall–Kier alpha value is -2.63. The Morgan fingerprint density at radius 3 is 2.50 bits per heavy atom. The van der Waals surface area contributed by atoms with Crippen molar-refractivity contribution in [3.63, 3.8) is 0 Å². The summed E-state index contributed by atoms with van der Waals surface area (Å²) < 4.78 is 6.53. The standard InChI is InChI=1S/C18H23N3O3/c1-5-24-18(23)16-13(3)20-21(4)17(16)19-15(22)11-10-14-8-6-12(2)7-9-14/h6-9H,5,10-11H2,1-4H3,(H,19,22). The quantitative estimate of drug-likeness (QED) is 0.827. The van der Waals surface area contributed by atoms with Crippen molar-refractivity contribution in [2.45, 2.75) is 33.6 Å². The van der Waals surface area contributed by atoms with Gasteiger partial charge < -0.3 is 10.1 Å². The summed E-state index contributed by atoms with van der Waals surface area (Å²) in [5.41, 5.74) is 3.13. The fourth-order valence-electron chi connectivity index (χ4n) is 2.46. The Balaban J connectivity index is 2.05. The molecule has 0 radical (unpaired) electrons. The number of benzene rings is 1. The first-order chi connectivity index (χ1) is 11.4. The van der Waals surface area contributed by atoms with E-state index in [9.17, 15) is 9.59 Å². The molecule has 0 aliphatic heterocycles. The number of rotatable bonds is 6. The molecule has 0 atom stereocenters. The summed E-state index contributed by atoms with van der Waals surface area (Å²) in [7, 11) is 1.69. The maximum atomic E-state index is 12.2. The number of hydrogen-bond acceptors (Lipinski definition) is 4. The molecule has 0 bridgehead atoms. The van der Waals surface area contributed by atoms with Gasteiger partial charge in [-0.05, 0) is 32.8 Å². The number of ether oxygens (including phenoxy) is 1. The van der Waals surface area contributed by atoms with Gasteiger partial charge in [0.05, 0.1) is 12.3 Å². The number of carbonyl (C=O) groups is 2. The Kier molecular flexibility index (Phi) is 5.73. The average Bonchev–Trinajstić information content (AvgIpc) is 2.81. The second kappa shape index (κ2) is 7.77. The fraction of sp³-hybridized carbons (Fsp3) is 0.389. The third kappa shape index (κ3) is 4.22. The Labute approximate surface area is 141 Å². The van der Waals surface area contributed by atoms with Crippen LogP contribution >= 0.6 is 0 Å². The molecule has 6 nitrogen and oxygen atoms in total.